The lowest BCUT2D eigenvalue weighted by molar-refractivity contribution is 0.0693. The van der Waals surface area contributed by atoms with Crippen LogP contribution in [0.25, 0.3) is 0 Å². The number of oxazole rings is 1. The average molecular weight is 293 g/mol. The van der Waals surface area contributed by atoms with Crippen molar-refractivity contribution in [2.45, 2.75) is 13.5 Å². The maximum atomic E-state index is 13.4. The summed E-state index contributed by atoms with van der Waals surface area (Å²) < 4.78 is 18.6. The minimum atomic E-state index is -1.47. The Labute approximate surface area is 118 Å². The number of carbonyl (C=O) groups is 2. The van der Waals surface area contributed by atoms with E-state index in [1.54, 1.807) is 6.92 Å². The molecule has 0 aliphatic rings. The molecule has 8 heteroatoms. The lowest BCUT2D eigenvalue weighted by Crippen LogP contribution is -2.29. The van der Waals surface area contributed by atoms with Crippen LogP contribution < -0.4 is 10.6 Å². The van der Waals surface area contributed by atoms with Crippen molar-refractivity contribution >= 4 is 17.7 Å². The van der Waals surface area contributed by atoms with E-state index in [0.717, 1.165) is 6.07 Å². The highest BCUT2D eigenvalue weighted by Crippen LogP contribution is 2.18. The van der Waals surface area contributed by atoms with Gasteiger partial charge in [0, 0.05) is 0 Å². The van der Waals surface area contributed by atoms with Gasteiger partial charge in [0.25, 0.3) is 0 Å². The smallest absolute Gasteiger partial charge is 0.340 e. The lowest BCUT2D eigenvalue weighted by Gasteiger charge is -2.09. The minimum Gasteiger partial charge on any atom is -0.478 e. The molecular weight excluding hydrogens is 281 g/mol. The summed E-state index contributed by atoms with van der Waals surface area (Å²) in [5.74, 6) is -1.48. The highest BCUT2D eigenvalue weighted by Gasteiger charge is 2.17. The summed E-state index contributed by atoms with van der Waals surface area (Å²) in [6.45, 7) is 1.74. The summed E-state index contributed by atoms with van der Waals surface area (Å²) >= 11 is 0. The normalized spacial score (nSPS) is 10.2. The molecule has 0 spiro atoms. The third kappa shape index (κ3) is 3.56. The second-order valence-corrected chi connectivity index (χ2v) is 4.14. The van der Waals surface area contributed by atoms with Crippen LogP contribution in [0.5, 0.6) is 0 Å². The van der Waals surface area contributed by atoms with Crippen molar-refractivity contribution in [3.8, 4) is 0 Å². The van der Waals surface area contributed by atoms with Gasteiger partial charge >= 0.3 is 12.0 Å². The summed E-state index contributed by atoms with van der Waals surface area (Å²) in [6, 6.07) is 2.90. The number of nitrogens with one attached hydrogen (secondary N) is 2. The van der Waals surface area contributed by atoms with E-state index in [4.69, 9.17) is 9.52 Å². The molecule has 2 rings (SSSR count). The predicted octanol–water partition coefficient (Wildman–Crippen LogP) is 2.14. The van der Waals surface area contributed by atoms with Crippen LogP contribution in [0.15, 0.2) is 28.8 Å². The second kappa shape index (κ2) is 6.04. The van der Waals surface area contributed by atoms with Gasteiger partial charge in [0.1, 0.15) is 17.1 Å². The van der Waals surface area contributed by atoms with Gasteiger partial charge < -0.3 is 20.2 Å². The molecule has 0 aliphatic heterocycles. The number of hydrogen-bond acceptors (Lipinski definition) is 4. The Kier molecular flexibility index (Phi) is 4.17. The zero-order valence-corrected chi connectivity index (χ0v) is 11.0. The third-order valence-corrected chi connectivity index (χ3v) is 2.54. The highest BCUT2D eigenvalue weighted by atomic mass is 19.1. The highest BCUT2D eigenvalue weighted by molar-refractivity contribution is 6.00. The van der Waals surface area contributed by atoms with Gasteiger partial charge in [-0.3, -0.25) is 0 Å². The number of amides is 2. The van der Waals surface area contributed by atoms with E-state index in [2.05, 4.69) is 15.6 Å². The van der Waals surface area contributed by atoms with Crippen molar-refractivity contribution in [1.29, 1.82) is 0 Å². The number of halogens is 1. The average Bonchev–Trinajstić information content (AvgIpc) is 2.82. The van der Waals surface area contributed by atoms with Gasteiger partial charge in [0.05, 0.1) is 18.4 Å². The van der Waals surface area contributed by atoms with E-state index < -0.39 is 23.4 Å². The molecule has 3 N–H and O–H groups in total. The number of benzene rings is 1. The number of anilines is 1. The molecule has 2 aromatic rings. The predicted molar refractivity (Wildman–Crippen MR) is 70.5 cm³/mol. The van der Waals surface area contributed by atoms with Gasteiger partial charge in [0.2, 0.25) is 5.89 Å². The topological polar surface area (TPSA) is 104 Å². The number of aryl methyl sites for hydroxylation is 1. The van der Waals surface area contributed by atoms with Crippen molar-refractivity contribution in [3.63, 3.8) is 0 Å². The Hall–Kier alpha value is -2.90. The molecule has 0 bridgehead atoms. The number of aromatic carboxylic acids is 1. The largest absolute Gasteiger partial charge is 0.478 e. The molecule has 0 atom stereocenters. The molecule has 0 aliphatic carbocycles. The third-order valence-electron chi connectivity index (χ3n) is 2.54. The Morgan fingerprint density at radius 3 is 2.81 bits per heavy atom. The van der Waals surface area contributed by atoms with E-state index in [1.165, 1.54) is 18.3 Å². The maximum absolute atomic E-state index is 13.4. The molecule has 1 aromatic carbocycles. The van der Waals surface area contributed by atoms with Crippen LogP contribution in [-0.4, -0.2) is 22.1 Å². The second-order valence-electron chi connectivity index (χ2n) is 4.14. The van der Waals surface area contributed by atoms with E-state index in [0.29, 0.717) is 11.7 Å². The summed E-state index contributed by atoms with van der Waals surface area (Å²) in [7, 11) is 0. The fraction of sp³-hybridized carbons (Fsp3) is 0.154. The Balaban J connectivity index is 2.03. The van der Waals surface area contributed by atoms with E-state index in [9.17, 15) is 14.0 Å². The first kappa shape index (κ1) is 14.5. The molecule has 0 radical (unpaired) electrons. The Morgan fingerprint density at radius 2 is 2.19 bits per heavy atom. The van der Waals surface area contributed by atoms with E-state index in [1.807, 2.05) is 0 Å². The molecular formula is C13H12FN3O4. The number of aromatic nitrogens is 1. The molecule has 1 heterocycles. The van der Waals surface area contributed by atoms with Crippen molar-refractivity contribution in [1.82, 2.24) is 10.3 Å². The number of rotatable bonds is 4. The van der Waals surface area contributed by atoms with Crippen molar-refractivity contribution in [2.24, 2.45) is 0 Å². The number of carboxylic acid groups (broad SMARTS) is 1. The molecule has 0 saturated heterocycles. The fourth-order valence-electron chi connectivity index (χ4n) is 1.65. The first-order chi connectivity index (χ1) is 9.97. The monoisotopic (exact) mass is 293 g/mol. The van der Waals surface area contributed by atoms with Crippen LogP contribution in [-0.2, 0) is 6.54 Å². The summed E-state index contributed by atoms with van der Waals surface area (Å²) in [5.41, 5.74) is -0.733. The van der Waals surface area contributed by atoms with E-state index in [-0.39, 0.29) is 12.2 Å². The Bertz CT molecular complexity index is 684. The van der Waals surface area contributed by atoms with Gasteiger partial charge in [-0.1, -0.05) is 6.07 Å². The zero-order chi connectivity index (χ0) is 15.4. The number of urea groups is 1. The van der Waals surface area contributed by atoms with Crippen molar-refractivity contribution < 1.29 is 23.5 Å². The van der Waals surface area contributed by atoms with Crippen molar-refractivity contribution in [3.05, 3.63) is 47.4 Å². The molecule has 21 heavy (non-hydrogen) atoms. The first-order valence-electron chi connectivity index (χ1n) is 5.95. The van der Waals surface area contributed by atoms with Crippen LogP contribution in [0, 0.1) is 12.7 Å². The van der Waals surface area contributed by atoms with Crippen LogP contribution in [0.3, 0.4) is 0 Å². The molecule has 0 unspecified atom stereocenters. The van der Waals surface area contributed by atoms with Gasteiger partial charge in [-0.25, -0.2) is 19.0 Å². The molecule has 0 fully saturated rings. The fourth-order valence-corrected chi connectivity index (χ4v) is 1.65. The van der Waals surface area contributed by atoms with Crippen LogP contribution in [0.4, 0.5) is 14.9 Å². The SMILES string of the molecule is Cc1cnc(CNC(=O)Nc2cccc(F)c2C(=O)O)o1. The standard InChI is InChI=1S/C13H12FN3O4/c1-7-5-15-10(21-7)6-16-13(20)17-9-4-2-3-8(14)11(9)12(18)19/h2-5H,6H2,1H3,(H,18,19)(H2,16,17,20). The molecule has 110 valence electrons. The molecule has 7 nitrogen and oxygen atoms in total. The lowest BCUT2D eigenvalue weighted by atomic mass is 10.1. The van der Waals surface area contributed by atoms with Gasteiger partial charge in [-0.05, 0) is 19.1 Å². The number of carbonyl (C=O) groups excluding carboxylic acids is 1. The maximum Gasteiger partial charge on any atom is 0.340 e. The van der Waals surface area contributed by atoms with E-state index >= 15 is 0 Å². The molecule has 0 saturated carbocycles. The quantitative estimate of drug-likeness (QED) is 0.801. The summed E-state index contributed by atoms with van der Waals surface area (Å²) in [5, 5.41) is 13.6. The Morgan fingerprint density at radius 1 is 1.43 bits per heavy atom. The van der Waals surface area contributed by atoms with Gasteiger partial charge in [-0.15, -0.1) is 0 Å². The number of carboxylic acids is 1. The first-order valence-corrected chi connectivity index (χ1v) is 5.95. The zero-order valence-electron chi connectivity index (χ0n) is 11.0. The summed E-state index contributed by atoms with van der Waals surface area (Å²) in [4.78, 5) is 26.5. The van der Waals surface area contributed by atoms with Crippen LogP contribution in [0.1, 0.15) is 22.0 Å². The van der Waals surface area contributed by atoms with Crippen LogP contribution in [0.2, 0.25) is 0 Å². The minimum absolute atomic E-state index is 0.0252. The van der Waals surface area contributed by atoms with Gasteiger partial charge in [0.15, 0.2) is 0 Å². The number of nitrogens with zero attached hydrogens (tertiary/aromatic N) is 1. The summed E-state index contributed by atoms with van der Waals surface area (Å²) in [6.07, 6.45) is 1.50. The molecule has 2 amide bonds. The van der Waals surface area contributed by atoms with Gasteiger partial charge in [-0.2, -0.15) is 0 Å². The van der Waals surface area contributed by atoms with Crippen molar-refractivity contribution in [2.75, 3.05) is 5.32 Å². The van der Waals surface area contributed by atoms with Crippen LogP contribution >= 0.6 is 0 Å². The molecule has 1 aromatic heterocycles. The number of hydrogen-bond donors (Lipinski definition) is 3.